The van der Waals surface area contributed by atoms with E-state index in [-0.39, 0.29) is 17.9 Å². The van der Waals surface area contributed by atoms with E-state index in [2.05, 4.69) is 15.3 Å². The van der Waals surface area contributed by atoms with Crippen LogP contribution in [-0.4, -0.2) is 34.6 Å². The minimum absolute atomic E-state index is 0.117. The van der Waals surface area contributed by atoms with Crippen molar-refractivity contribution < 1.29 is 13.9 Å². The van der Waals surface area contributed by atoms with Gasteiger partial charge in [-0.05, 0) is 31.2 Å². The predicted octanol–water partition coefficient (Wildman–Crippen LogP) is 3.12. The van der Waals surface area contributed by atoms with Gasteiger partial charge in [0.25, 0.3) is 5.56 Å². The molecule has 0 aliphatic heterocycles. The molecule has 27 heavy (non-hydrogen) atoms. The Bertz CT molecular complexity index is 1030. The molecule has 140 valence electrons. The number of benzene rings is 2. The lowest BCUT2D eigenvalue weighted by Crippen LogP contribution is -2.35. The van der Waals surface area contributed by atoms with Crippen molar-refractivity contribution in [3.63, 3.8) is 0 Å². The Kier molecular flexibility index (Phi) is 5.35. The fraction of sp³-hybridized carbons (Fsp3) is 0.211. The van der Waals surface area contributed by atoms with Crippen LogP contribution in [0.2, 0.25) is 0 Å². The summed E-state index contributed by atoms with van der Waals surface area (Å²) in [7, 11) is 1.39. The molecule has 0 bridgehead atoms. The van der Waals surface area contributed by atoms with Gasteiger partial charge in [-0.3, -0.25) is 4.79 Å². The fourth-order valence-corrected chi connectivity index (χ4v) is 2.68. The second-order valence-corrected chi connectivity index (χ2v) is 5.82. The van der Waals surface area contributed by atoms with E-state index < -0.39 is 11.8 Å². The summed E-state index contributed by atoms with van der Waals surface area (Å²) < 4.78 is 18.4. The Morgan fingerprint density at radius 3 is 2.81 bits per heavy atom. The van der Waals surface area contributed by atoms with Gasteiger partial charge in [-0.1, -0.05) is 12.1 Å². The fourth-order valence-electron chi connectivity index (χ4n) is 2.68. The first-order valence-corrected chi connectivity index (χ1v) is 8.39. The molecule has 3 rings (SSSR count). The van der Waals surface area contributed by atoms with Crippen LogP contribution in [0.4, 0.5) is 14.9 Å². The third-order valence-corrected chi connectivity index (χ3v) is 4.08. The van der Waals surface area contributed by atoms with Crippen LogP contribution >= 0.6 is 0 Å². The molecule has 0 unspecified atom stereocenters. The maximum Gasteiger partial charge on any atom is 0.322 e. The molecule has 2 amide bonds. The minimum Gasteiger partial charge on any atom is -0.494 e. The summed E-state index contributed by atoms with van der Waals surface area (Å²) in [5.74, 6) is 0.133. The van der Waals surface area contributed by atoms with E-state index in [1.165, 1.54) is 30.2 Å². The number of urea groups is 1. The first-order chi connectivity index (χ1) is 13.0. The van der Waals surface area contributed by atoms with Crippen molar-refractivity contribution in [3.8, 4) is 5.75 Å². The molecule has 3 aromatic rings. The van der Waals surface area contributed by atoms with Gasteiger partial charge in [0.15, 0.2) is 0 Å². The zero-order valence-electron chi connectivity index (χ0n) is 15.0. The Morgan fingerprint density at radius 2 is 2.07 bits per heavy atom. The first kappa shape index (κ1) is 18.4. The quantitative estimate of drug-likeness (QED) is 0.722. The Hall–Kier alpha value is -3.42. The van der Waals surface area contributed by atoms with Crippen LogP contribution < -0.4 is 15.6 Å². The van der Waals surface area contributed by atoms with E-state index in [9.17, 15) is 14.0 Å². The number of amides is 2. The molecule has 1 heterocycles. The van der Waals surface area contributed by atoms with Crippen molar-refractivity contribution >= 4 is 22.6 Å². The smallest absolute Gasteiger partial charge is 0.322 e. The van der Waals surface area contributed by atoms with Crippen molar-refractivity contribution in [3.05, 3.63) is 64.5 Å². The number of carbonyl (C=O) groups excluding carboxylic acids is 1. The van der Waals surface area contributed by atoms with E-state index in [4.69, 9.17) is 4.74 Å². The normalized spacial score (nSPS) is 10.6. The number of fused-ring (bicyclic) bond motifs is 1. The maximum atomic E-state index is 13.3. The van der Waals surface area contributed by atoms with Gasteiger partial charge in [-0.25, -0.2) is 14.2 Å². The molecule has 0 spiro atoms. The largest absolute Gasteiger partial charge is 0.494 e. The lowest BCUT2D eigenvalue weighted by molar-refractivity contribution is 0.210. The summed E-state index contributed by atoms with van der Waals surface area (Å²) in [6.07, 6.45) is 0. The number of ether oxygens (including phenoxy) is 1. The van der Waals surface area contributed by atoms with E-state index in [1.54, 1.807) is 31.2 Å². The summed E-state index contributed by atoms with van der Waals surface area (Å²) in [5.41, 5.74) is 0.655. The highest BCUT2D eigenvalue weighted by Gasteiger charge is 2.16. The molecule has 7 nitrogen and oxygen atoms in total. The van der Waals surface area contributed by atoms with Gasteiger partial charge in [-0.2, -0.15) is 0 Å². The molecule has 2 aromatic carbocycles. The standard InChI is InChI=1S/C19H19FN4O3/c1-3-24(19(26)22-15-9-8-12(20)10-16(15)27-2)11-17-21-14-7-5-4-6-13(14)18(25)23-17/h4-10H,3,11H2,1-2H3,(H,22,26)(H,21,23,25). The van der Waals surface area contributed by atoms with Gasteiger partial charge in [0.2, 0.25) is 0 Å². The van der Waals surface area contributed by atoms with Gasteiger partial charge in [0.05, 0.1) is 30.2 Å². The number of halogens is 1. The minimum atomic E-state index is -0.463. The van der Waals surface area contributed by atoms with Crippen LogP contribution in [-0.2, 0) is 6.54 Å². The molecular weight excluding hydrogens is 351 g/mol. The molecule has 0 atom stereocenters. The van der Waals surface area contributed by atoms with E-state index >= 15 is 0 Å². The number of aromatic amines is 1. The summed E-state index contributed by atoms with van der Waals surface area (Å²) >= 11 is 0. The average Bonchev–Trinajstić information content (AvgIpc) is 2.67. The predicted molar refractivity (Wildman–Crippen MR) is 100 cm³/mol. The lowest BCUT2D eigenvalue weighted by Gasteiger charge is -2.21. The van der Waals surface area contributed by atoms with Gasteiger partial charge >= 0.3 is 6.03 Å². The zero-order valence-corrected chi connectivity index (χ0v) is 15.0. The number of hydrogen-bond donors (Lipinski definition) is 2. The van der Waals surface area contributed by atoms with Gasteiger partial charge in [0, 0.05) is 12.6 Å². The van der Waals surface area contributed by atoms with E-state index in [1.807, 2.05) is 0 Å². The number of hydrogen-bond acceptors (Lipinski definition) is 4. The number of rotatable bonds is 5. The number of nitrogens with zero attached hydrogens (tertiary/aromatic N) is 2. The number of carbonyl (C=O) groups is 1. The summed E-state index contributed by atoms with van der Waals surface area (Å²) in [6.45, 7) is 2.30. The zero-order chi connectivity index (χ0) is 19.4. The number of methoxy groups -OCH3 is 1. The lowest BCUT2D eigenvalue weighted by atomic mass is 10.2. The molecule has 0 aliphatic carbocycles. The molecule has 0 saturated heterocycles. The first-order valence-electron chi connectivity index (χ1n) is 8.39. The summed E-state index contributed by atoms with van der Waals surface area (Å²) in [5, 5.41) is 3.18. The van der Waals surface area contributed by atoms with Crippen molar-refractivity contribution in [1.29, 1.82) is 0 Å². The molecule has 2 N–H and O–H groups in total. The van der Waals surface area contributed by atoms with Crippen molar-refractivity contribution in [1.82, 2.24) is 14.9 Å². The highest BCUT2D eigenvalue weighted by Crippen LogP contribution is 2.25. The highest BCUT2D eigenvalue weighted by molar-refractivity contribution is 5.91. The second kappa shape index (κ2) is 7.86. The van der Waals surface area contributed by atoms with Crippen LogP contribution in [0, 0.1) is 5.82 Å². The van der Waals surface area contributed by atoms with Gasteiger partial charge < -0.3 is 19.9 Å². The van der Waals surface area contributed by atoms with Crippen LogP contribution in [0.1, 0.15) is 12.7 Å². The van der Waals surface area contributed by atoms with E-state index in [0.717, 1.165) is 0 Å². The average molecular weight is 370 g/mol. The van der Waals surface area contributed by atoms with Gasteiger partial charge in [0.1, 0.15) is 17.4 Å². The number of aromatic nitrogens is 2. The molecule has 8 heteroatoms. The van der Waals surface area contributed by atoms with Crippen molar-refractivity contribution in [2.75, 3.05) is 19.0 Å². The third-order valence-electron chi connectivity index (χ3n) is 4.08. The number of H-pyrrole nitrogens is 1. The number of anilines is 1. The molecule has 0 saturated carbocycles. The molecular formula is C19H19FN4O3. The van der Waals surface area contributed by atoms with Gasteiger partial charge in [-0.15, -0.1) is 0 Å². The third kappa shape index (κ3) is 4.05. The topological polar surface area (TPSA) is 87.3 Å². The maximum absolute atomic E-state index is 13.3. The van der Waals surface area contributed by atoms with Crippen LogP contribution in [0.5, 0.6) is 5.75 Å². The Labute approximate surface area is 154 Å². The summed E-state index contributed by atoms with van der Waals surface area (Å²) in [6, 6.07) is 10.4. The number of nitrogens with one attached hydrogen (secondary N) is 2. The Balaban J connectivity index is 1.81. The van der Waals surface area contributed by atoms with Crippen molar-refractivity contribution in [2.45, 2.75) is 13.5 Å². The molecule has 0 radical (unpaired) electrons. The van der Waals surface area contributed by atoms with Crippen LogP contribution in [0.25, 0.3) is 10.9 Å². The number of para-hydroxylation sites is 1. The second-order valence-electron chi connectivity index (χ2n) is 5.82. The van der Waals surface area contributed by atoms with Crippen LogP contribution in [0.15, 0.2) is 47.3 Å². The SMILES string of the molecule is CCN(Cc1nc2ccccc2c(=O)[nH]1)C(=O)Nc1ccc(F)cc1OC. The molecule has 1 aromatic heterocycles. The van der Waals surface area contributed by atoms with E-state index in [0.29, 0.717) is 29.0 Å². The molecule has 0 aliphatic rings. The van der Waals surface area contributed by atoms with Crippen LogP contribution in [0.3, 0.4) is 0 Å². The summed E-state index contributed by atoms with van der Waals surface area (Å²) in [4.78, 5) is 33.4. The van der Waals surface area contributed by atoms with Crippen molar-refractivity contribution in [2.24, 2.45) is 0 Å². The Morgan fingerprint density at radius 1 is 1.30 bits per heavy atom. The monoisotopic (exact) mass is 370 g/mol. The highest BCUT2D eigenvalue weighted by atomic mass is 19.1. The molecule has 0 fully saturated rings.